The van der Waals surface area contributed by atoms with Crippen molar-refractivity contribution >= 4 is 0 Å². The van der Waals surface area contributed by atoms with Crippen molar-refractivity contribution in [3.05, 3.63) is 12.7 Å². The molecule has 2 aliphatic rings. The molecule has 0 radical (unpaired) electrons. The van der Waals surface area contributed by atoms with Gasteiger partial charge in [-0.25, -0.2) is 0 Å². The first-order valence-electron chi connectivity index (χ1n) is 5.99. The topological polar surface area (TPSA) is 36.9 Å². The van der Waals surface area contributed by atoms with Gasteiger partial charge >= 0.3 is 0 Å². The Bertz CT molecular complexity index is 221. The van der Waals surface area contributed by atoms with E-state index in [4.69, 9.17) is 18.9 Å². The van der Waals surface area contributed by atoms with E-state index in [0.29, 0.717) is 19.8 Å². The van der Waals surface area contributed by atoms with Gasteiger partial charge in [0.25, 0.3) is 5.97 Å². The van der Waals surface area contributed by atoms with Crippen LogP contribution in [0, 0.1) is 0 Å². The molecule has 0 bridgehead atoms. The van der Waals surface area contributed by atoms with E-state index in [0.717, 1.165) is 25.9 Å². The van der Waals surface area contributed by atoms with Crippen molar-refractivity contribution in [2.45, 2.75) is 37.8 Å². The fraction of sp³-hybridized carbons (Fsp3) is 0.833. The highest BCUT2D eigenvalue weighted by molar-refractivity contribution is 4.74. The first kappa shape index (κ1) is 12.0. The van der Waals surface area contributed by atoms with Gasteiger partial charge in [-0.05, 0) is 12.8 Å². The molecule has 92 valence electrons. The third-order valence-electron chi connectivity index (χ3n) is 2.82. The summed E-state index contributed by atoms with van der Waals surface area (Å²) in [5.41, 5.74) is 0. The van der Waals surface area contributed by atoms with Crippen LogP contribution in [-0.2, 0) is 18.9 Å². The number of ether oxygens (including phenoxy) is 4. The Morgan fingerprint density at radius 3 is 3.12 bits per heavy atom. The molecule has 2 atom stereocenters. The monoisotopic (exact) mass is 228 g/mol. The van der Waals surface area contributed by atoms with E-state index in [1.54, 1.807) is 6.08 Å². The molecule has 4 nitrogen and oxygen atoms in total. The molecule has 0 N–H and O–H groups in total. The van der Waals surface area contributed by atoms with Crippen molar-refractivity contribution in [3.63, 3.8) is 0 Å². The van der Waals surface area contributed by atoms with Gasteiger partial charge in [0.15, 0.2) is 0 Å². The molecule has 4 heteroatoms. The molecule has 0 saturated carbocycles. The van der Waals surface area contributed by atoms with Crippen LogP contribution in [0.25, 0.3) is 0 Å². The highest BCUT2D eigenvalue weighted by atomic mass is 16.9. The molecular formula is C12H20O4. The van der Waals surface area contributed by atoms with Gasteiger partial charge in [0.05, 0.1) is 26.4 Å². The average molecular weight is 228 g/mol. The third-order valence-corrected chi connectivity index (χ3v) is 2.82. The van der Waals surface area contributed by atoms with E-state index in [1.165, 1.54) is 6.42 Å². The molecule has 2 aliphatic heterocycles. The van der Waals surface area contributed by atoms with Gasteiger partial charge in [-0.15, -0.1) is 6.58 Å². The molecule has 2 unspecified atom stereocenters. The Hall–Kier alpha value is -0.420. The zero-order valence-electron chi connectivity index (χ0n) is 9.65. The largest absolute Gasteiger partial charge is 0.375 e. The maximum absolute atomic E-state index is 5.81. The van der Waals surface area contributed by atoms with Crippen molar-refractivity contribution in [1.29, 1.82) is 0 Å². The average Bonchev–Trinajstić information content (AvgIpc) is 2.54. The van der Waals surface area contributed by atoms with Crippen molar-refractivity contribution in [3.8, 4) is 0 Å². The Morgan fingerprint density at radius 2 is 2.25 bits per heavy atom. The van der Waals surface area contributed by atoms with Crippen LogP contribution < -0.4 is 0 Å². The van der Waals surface area contributed by atoms with Gasteiger partial charge in [0.2, 0.25) is 0 Å². The van der Waals surface area contributed by atoms with Crippen LogP contribution in [0.15, 0.2) is 12.7 Å². The molecule has 2 heterocycles. The van der Waals surface area contributed by atoms with Gasteiger partial charge in [0, 0.05) is 6.42 Å². The van der Waals surface area contributed by atoms with E-state index >= 15 is 0 Å². The number of hydrogen-bond acceptors (Lipinski definition) is 4. The second-order valence-corrected chi connectivity index (χ2v) is 4.22. The highest BCUT2D eigenvalue weighted by Crippen LogP contribution is 2.33. The van der Waals surface area contributed by atoms with Crippen molar-refractivity contribution < 1.29 is 18.9 Å². The first-order valence-corrected chi connectivity index (χ1v) is 5.99. The lowest BCUT2D eigenvalue weighted by molar-refractivity contribution is -0.337. The van der Waals surface area contributed by atoms with E-state index in [9.17, 15) is 0 Å². The molecule has 0 aromatic heterocycles. The van der Waals surface area contributed by atoms with Crippen molar-refractivity contribution in [2.75, 3.05) is 26.4 Å². The zero-order valence-corrected chi connectivity index (χ0v) is 9.65. The number of hydrogen-bond donors (Lipinski definition) is 0. The van der Waals surface area contributed by atoms with Crippen LogP contribution >= 0.6 is 0 Å². The first-order chi connectivity index (χ1) is 7.85. The summed E-state index contributed by atoms with van der Waals surface area (Å²) in [5, 5.41) is 0. The summed E-state index contributed by atoms with van der Waals surface area (Å²) < 4.78 is 22.5. The predicted octanol–water partition coefficient (Wildman–Crippen LogP) is 1.85. The SMILES string of the molecule is C=CCOCC1COC2(CCCCCO2)O1. The van der Waals surface area contributed by atoms with Crippen LogP contribution in [0.5, 0.6) is 0 Å². The summed E-state index contributed by atoms with van der Waals surface area (Å²) in [5.74, 6) is -0.779. The Balaban J connectivity index is 1.78. The molecule has 2 saturated heterocycles. The van der Waals surface area contributed by atoms with Crippen LogP contribution in [0.4, 0.5) is 0 Å². The summed E-state index contributed by atoms with van der Waals surface area (Å²) in [6, 6.07) is 0. The van der Waals surface area contributed by atoms with E-state index < -0.39 is 5.97 Å². The molecule has 16 heavy (non-hydrogen) atoms. The van der Waals surface area contributed by atoms with Crippen LogP contribution in [0.2, 0.25) is 0 Å². The van der Waals surface area contributed by atoms with Crippen LogP contribution in [0.3, 0.4) is 0 Å². The minimum absolute atomic E-state index is 0.0157. The quantitative estimate of drug-likeness (QED) is 0.543. The van der Waals surface area contributed by atoms with Crippen molar-refractivity contribution in [1.82, 2.24) is 0 Å². The van der Waals surface area contributed by atoms with E-state index in [-0.39, 0.29) is 6.10 Å². The number of rotatable bonds is 4. The Labute approximate surface area is 96.5 Å². The van der Waals surface area contributed by atoms with Crippen molar-refractivity contribution in [2.24, 2.45) is 0 Å². The van der Waals surface area contributed by atoms with Gasteiger partial charge in [-0.1, -0.05) is 12.5 Å². The van der Waals surface area contributed by atoms with E-state index in [2.05, 4.69) is 6.58 Å². The lowest BCUT2D eigenvalue weighted by Crippen LogP contribution is -2.34. The molecule has 2 rings (SSSR count). The standard InChI is InChI=1S/C12H20O4/c1-2-7-13-9-11-10-15-12(16-11)6-4-3-5-8-14-12/h2,11H,1,3-10H2. The lowest BCUT2D eigenvalue weighted by atomic mass is 10.2. The molecular weight excluding hydrogens is 208 g/mol. The van der Waals surface area contributed by atoms with Crippen LogP contribution in [0.1, 0.15) is 25.7 Å². The predicted molar refractivity (Wildman–Crippen MR) is 59.0 cm³/mol. The van der Waals surface area contributed by atoms with Gasteiger partial charge in [0.1, 0.15) is 6.10 Å². The minimum Gasteiger partial charge on any atom is -0.375 e. The molecule has 2 fully saturated rings. The maximum atomic E-state index is 5.81. The summed E-state index contributed by atoms with van der Waals surface area (Å²) in [4.78, 5) is 0. The molecule has 0 aromatic carbocycles. The highest BCUT2D eigenvalue weighted by Gasteiger charge is 2.43. The fourth-order valence-electron chi connectivity index (χ4n) is 2.03. The summed E-state index contributed by atoms with van der Waals surface area (Å²) in [7, 11) is 0. The normalized spacial score (nSPS) is 35.1. The minimum atomic E-state index is -0.779. The zero-order chi connectivity index (χ0) is 11.3. The summed E-state index contributed by atoms with van der Waals surface area (Å²) in [6.45, 7) is 5.96. The Kier molecular flexibility index (Phi) is 4.35. The summed E-state index contributed by atoms with van der Waals surface area (Å²) in [6.07, 6.45) is 5.91. The lowest BCUT2D eigenvalue weighted by Gasteiger charge is -2.25. The maximum Gasteiger partial charge on any atom is 0.283 e. The van der Waals surface area contributed by atoms with Gasteiger partial charge in [-0.2, -0.15) is 0 Å². The van der Waals surface area contributed by atoms with Gasteiger partial charge in [-0.3, -0.25) is 0 Å². The summed E-state index contributed by atoms with van der Waals surface area (Å²) >= 11 is 0. The third kappa shape index (κ3) is 3.04. The smallest absolute Gasteiger partial charge is 0.283 e. The Morgan fingerprint density at radius 1 is 1.31 bits per heavy atom. The van der Waals surface area contributed by atoms with E-state index in [1.807, 2.05) is 0 Å². The molecule has 1 spiro atoms. The fourth-order valence-corrected chi connectivity index (χ4v) is 2.03. The van der Waals surface area contributed by atoms with Gasteiger partial charge < -0.3 is 18.9 Å². The second kappa shape index (κ2) is 5.77. The molecule has 0 aromatic rings. The molecule has 0 amide bonds. The second-order valence-electron chi connectivity index (χ2n) is 4.22. The van der Waals surface area contributed by atoms with Crippen LogP contribution in [-0.4, -0.2) is 38.5 Å². The molecule has 0 aliphatic carbocycles.